The number of hydrogen-bond acceptors (Lipinski definition) is 3. The second-order valence-corrected chi connectivity index (χ2v) is 4.89. The van der Waals surface area contributed by atoms with Crippen molar-refractivity contribution in [2.24, 2.45) is 7.05 Å². The van der Waals surface area contributed by atoms with Crippen LogP contribution in [-0.4, -0.2) is 15.6 Å². The maximum atomic E-state index is 11.9. The van der Waals surface area contributed by atoms with Gasteiger partial charge in [0, 0.05) is 18.8 Å². The minimum Gasteiger partial charge on any atom is -0.410 e. The van der Waals surface area contributed by atoms with E-state index in [1.54, 1.807) is 18.5 Å². The van der Waals surface area contributed by atoms with Crippen molar-refractivity contribution in [2.45, 2.75) is 6.92 Å². The minimum atomic E-state index is -0.518. The molecule has 2 aromatic carbocycles. The molecule has 3 aromatic rings. The van der Waals surface area contributed by atoms with E-state index in [2.05, 4.69) is 10.3 Å². The van der Waals surface area contributed by atoms with Crippen LogP contribution in [0.1, 0.15) is 5.56 Å². The van der Waals surface area contributed by atoms with E-state index in [0.29, 0.717) is 11.4 Å². The number of benzene rings is 2. The Morgan fingerprint density at radius 1 is 1.24 bits per heavy atom. The number of aryl methyl sites for hydroxylation is 2. The Morgan fingerprint density at radius 3 is 2.90 bits per heavy atom. The Morgan fingerprint density at radius 2 is 2.10 bits per heavy atom. The number of amides is 1. The molecule has 0 radical (unpaired) electrons. The van der Waals surface area contributed by atoms with Crippen LogP contribution < -0.4 is 10.1 Å². The zero-order valence-corrected chi connectivity index (χ0v) is 11.8. The van der Waals surface area contributed by atoms with Gasteiger partial charge in [0.15, 0.2) is 0 Å². The van der Waals surface area contributed by atoms with Crippen LogP contribution >= 0.6 is 0 Å². The largest absolute Gasteiger partial charge is 0.417 e. The summed E-state index contributed by atoms with van der Waals surface area (Å²) in [4.78, 5) is 16.1. The Bertz CT molecular complexity index is 808. The molecule has 5 nitrogen and oxygen atoms in total. The quantitative estimate of drug-likeness (QED) is 0.782. The molecule has 0 aliphatic rings. The first kappa shape index (κ1) is 13.2. The molecule has 1 aromatic heterocycles. The van der Waals surface area contributed by atoms with Crippen LogP contribution in [0.4, 0.5) is 10.5 Å². The number of rotatable bonds is 2. The summed E-state index contributed by atoms with van der Waals surface area (Å²) in [5.74, 6) is 0.464. The summed E-state index contributed by atoms with van der Waals surface area (Å²) < 4.78 is 7.18. The first-order valence-electron chi connectivity index (χ1n) is 6.58. The van der Waals surface area contributed by atoms with E-state index in [-0.39, 0.29) is 0 Å². The van der Waals surface area contributed by atoms with Crippen molar-refractivity contribution in [3.8, 4) is 5.75 Å². The van der Waals surface area contributed by atoms with Crippen LogP contribution in [0.15, 0.2) is 48.8 Å². The van der Waals surface area contributed by atoms with Crippen molar-refractivity contribution in [3.05, 3.63) is 54.4 Å². The van der Waals surface area contributed by atoms with Gasteiger partial charge in [-0.05, 0) is 36.8 Å². The van der Waals surface area contributed by atoms with Crippen LogP contribution in [0.3, 0.4) is 0 Å². The van der Waals surface area contributed by atoms with E-state index < -0.39 is 6.09 Å². The molecule has 0 atom stereocenters. The zero-order chi connectivity index (χ0) is 14.8. The molecule has 0 aliphatic heterocycles. The number of carbonyl (C=O) groups excluding carboxylic acids is 1. The monoisotopic (exact) mass is 281 g/mol. The van der Waals surface area contributed by atoms with Gasteiger partial charge in [-0.25, -0.2) is 9.78 Å². The molecule has 106 valence electrons. The van der Waals surface area contributed by atoms with Crippen molar-refractivity contribution in [2.75, 3.05) is 5.32 Å². The molecule has 1 heterocycles. The lowest BCUT2D eigenvalue weighted by Crippen LogP contribution is -2.16. The molecule has 0 spiro atoms. The second kappa shape index (κ2) is 5.28. The fourth-order valence-corrected chi connectivity index (χ4v) is 2.15. The molecule has 0 aliphatic carbocycles. The average Bonchev–Trinajstić information content (AvgIpc) is 2.80. The molecular formula is C16H15N3O2. The Hall–Kier alpha value is -2.82. The average molecular weight is 281 g/mol. The lowest BCUT2D eigenvalue weighted by molar-refractivity contribution is 0.215. The highest BCUT2D eigenvalue weighted by Crippen LogP contribution is 2.20. The summed E-state index contributed by atoms with van der Waals surface area (Å²) in [7, 11) is 1.92. The van der Waals surface area contributed by atoms with Gasteiger partial charge < -0.3 is 9.30 Å². The number of hydrogen-bond donors (Lipinski definition) is 1. The SMILES string of the molecule is Cc1cccc(NC(=O)Oc2ccc3c(c2)ncn3C)c1. The van der Waals surface area contributed by atoms with Gasteiger partial charge in [0.25, 0.3) is 0 Å². The molecule has 1 amide bonds. The fourth-order valence-electron chi connectivity index (χ4n) is 2.15. The van der Waals surface area contributed by atoms with Crippen molar-refractivity contribution >= 4 is 22.8 Å². The van der Waals surface area contributed by atoms with E-state index in [0.717, 1.165) is 16.6 Å². The lowest BCUT2D eigenvalue weighted by atomic mass is 10.2. The van der Waals surface area contributed by atoms with Gasteiger partial charge in [0.1, 0.15) is 5.75 Å². The van der Waals surface area contributed by atoms with E-state index in [9.17, 15) is 4.79 Å². The molecule has 0 bridgehead atoms. The Balaban J connectivity index is 1.73. The fraction of sp³-hybridized carbons (Fsp3) is 0.125. The molecule has 21 heavy (non-hydrogen) atoms. The predicted molar refractivity (Wildman–Crippen MR) is 81.5 cm³/mol. The highest BCUT2D eigenvalue weighted by molar-refractivity contribution is 5.87. The Kier molecular flexibility index (Phi) is 3.31. The molecule has 5 heteroatoms. The van der Waals surface area contributed by atoms with E-state index in [1.807, 2.05) is 48.9 Å². The molecule has 0 saturated heterocycles. The topological polar surface area (TPSA) is 56.1 Å². The summed E-state index contributed by atoms with van der Waals surface area (Å²) in [6.45, 7) is 1.96. The number of imidazole rings is 1. The van der Waals surface area contributed by atoms with Crippen LogP contribution in [0, 0.1) is 6.92 Å². The standard InChI is InChI=1S/C16H15N3O2/c1-11-4-3-5-12(8-11)18-16(20)21-13-6-7-15-14(9-13)17-10-19(15)2/h3-10H,1-2H3,(H,18,20). The third-order valence-electron chi connectivity index (χ3n) is 3.17. The van der Waals surface area contributed by atoms with Gasteiger partial charge >= 0.3 is 6.09 Å². The number of ether oxygens (including phenoxy) is 1. The van der Waals surface area contributed by atoms with Crippen LogP contribution in [0.5, 0.6) is 5.75 Å². The molecule has 3 rings (SSSR count). The molecule has 0 fully saturated rings. The van der Waals surface area contributed by atoms with Crippen molar-refractivity contribution < 1.29 is 9.53 Å². The maximum Gasteiger partial charge on any atom is 0.417 e. The number of nitrogens with one attached hydrogen (secondary N) is 1. The summed E-state index contributed by atoms with van der Waals surface area (Å²) in [5.41, 5.74) is 3.56. The van der Waals surface area contributed by atoms with Gasteiger partial charge in [-0.2, -0.15) is 0 Å². The van der Waals surface area contributed by atoms with Crippen molar-refractivity contribution in [3.63, 3.8) is 0 Å². The van der Waals surface area contributed by atoms with Crippen molar-refractivity contribution in [1.29, 1.82) is 0 Å². The predicted octanol–water partition coefficient (Wildman–Crippen LogP) is 3.49. The zero-order valence-electron chi connectivity index (χ0n) is 11.8. The smallest absolute Gasteiger partial charge is 0.410 e. The number of nitrogens with zero attached hydrogens (tertiary/aromatic N) is 2. The van der Waals surface area contributed by atoms with Crippen molar-refractivity contribution in [1.82, 2.24) is 9.55 Å². The van der Waals surface area contributed by atoms with Crippen LogP contribution in [0.2, 0.25) is 0 Å². The van der Waals surface area contributed by atoms with Gasteiger partial charge in [-0.1, -0.05) is 12.1 Å². The highest BCUT2D eigenvalue weighted by Gasteiger charge is 2.07. The number of aromatic nitrogens is 2. The maximum absolute atomic E-state index is 11.9. The first-order chi connectivity index (χ1) is 10.1. The Labute approximate surface area is 122 Å². The second-order valence-electron chi connectivity index (χ2n) is 4.89. The normalized spacial score (nSPS) is 10.6. The van der Waals surface area contributed by atoms with Crippen LogP contribution in [-0.2, 0) is 7.05 Å². The van der Waals surface area contributed by atoms with E-state index in [4.69, 9.17) is 4.74 Å². The summed E-state index contributed by atoms with van der Waals surface area (Å²) in [6, 6.07) is 12.9. The number of carbonyl (C=O) groups is 1. The summed E-state index contributed by atoms with van der Waals surface area (Å²) in [5, 5.41) is 2.70. The molecular weight excluding hydrogens is 266 g/mol. The van der Waals surface area contributed by atoms with Gasteiger partial charge in [-0.15, -0.1) is 0 Å². The lowest BCUT2D eigenvalue weighted by Gasteiger charge is -2.07. The minimum absolute atomic E-state index is 0.464. The molecule has 1 N–H and O–H groups in total. The van der Waals surface area contributed by atoms with Gasteiger partial charge in [0.05, 0.1) is 17.4 Å². The third-order valence-corrected chi connectivity index (χ3v) is 3.17. The van der Waals surface area contributed by atoms with E-state index >= 15 is 0 Å². The number of anilines is 1. The van der Waals surface area contributed by atoms with E-state index in [1.165, 1.54) is 0 Å². The van der Waals surface area contributed by atoms with Crippen LogP contribution in [0.25, 0.3) is 11.0 Å². The summed E-state index contributed by atoms with van der Waals surface area (Å²) >= 11 is 0. The first-order valence-corrected chi connectivity index (χ1v) is 6.58. The van der Waals surface area contributed by atoms with Gasteiger partial charge in [0.2, 0.25) is 0 Å². The third kappa shape index (κ3) is 2.86. The highest BCUT2D eigenvalue weighted by atomic mass is 16.6. The molecule has 0 saturated carbocycles. The summed E-state index contributed by atoms with van der Waals surface area (Å²) in [6.07, 6.45) is 1.21. The molecule has 0 unspecified atom stereocenters. The number of fused-ring (bicyclic) bond motifs is 1. The van der Waals surface area contributed by atoms with Gasteiger partial charge in [-0.3, -0.25) is 5.32 Å².